The molecule has 0 amide bonds. The number of hydrogen-bond acceptors (Lipinski definition) is 4. The maximum Gasteiger partial charge on any atom is 0.222 e. The van der Waals surface area contributed by atoms with Crippen molar-refractivity contribution >= 4 is 33.5 Å². The van der Waals surface area contributed by atoms with E-state index in [2.05, 4.69) is 21.0 Å². The van der Waals surface area contributed by atoms with Crippen LogP contribution in [0.3, 0.4) is 0 Å². The van der Waals surface area contributed by atoms with Gasteiger partial charge in [-0.1, -0.05) is 12.1 Å². The highest BCUT2D eigenvalue weighted by atomic mass is 35.5. The van der Waals surface area contributed by atoms with E-state index in [0.717, 1.165) is 50.1 Å². The van der Waals surface area contributed by atoms with Crippen LogP contribution in [0.15, 0.2) is 65.4 Å². The average Bonchev–Trinajstić information content (AvgIpc) is 3.31. The molecule has 1 N–H and O–H groups in total. The Morgan fingerprint density at radius 2 is 2.00 bits per heavy atom. The predicted molar refractivity (Wildman–Crippen MR) is 106 cm³/mol. The van der Waals surface area contributed by atoms with Crippen molar-refractivity contribution in [1.82, 2.24) is 15.0 Å². The quantitative estimate of drug-likeness (QED) is 0.411. The zero-order valence-electron chi connectivity index (χ0n) is 14.4. The minimum atomic E-state index is 0.211. The van der Waals surface area contributed by atoms with Gasteiger partial charge in [0.05, 0.1) is 30.3 Å². The summed E-state index contributed by atoms with van der Waals surface area (Å²) < 4.78 is 10.9. The van der Waals surface area contributed by atoms with E-state index in [0.29, 0.717) is 0 Å². The largest absolute Gasteiger partial charge is 0.497 e. The lowest BCUT2D eigenvalue weighted by molar-refractivity contribution is 0.415. The van der Waals surface area contributed by atoms with Crippen LogP contribution in [-0.4, -0.2) is 22.1 Å². The number of rotatable bonds is 3. The summed E-state index contributed by atoms with van der Waals surface area (Å²) in [6.07, 6.45) is 3.35. The SMILES string of the molecule is COc1ccc2c(-c3ccnc(Cl)n3)c(-c3ccc4ccoc4c3)[nH]c2c1. The first-order chi connectivity index (χ1) is 13.2. The molecule has 3 aromatic heterocycles. The number of fused-ring (bicyclic) bond motifs is 2. The Balaban J connectivity index is 1.82. The Hall–Kier alpha value is -3.31. The first kappa shape index (κ1) is 15.9. The number of aromatic nitrogens is 3. The standard InChI is InChI=1S/C21H14ClN3O2/c1-26-14-4-5-15-17(11-14)24-20(19(15)16-6-8-23-21(22)25-16)13-3-2-12-7-9-27-18(12)10-13/h2-11,24H,1H3. The van der Waals surface area contributed by atoms with Crippen LogP contribution >= 0.6 is 11.6 Å². The zero-order valence-corrected chi connectivity index (χ0v) is 15.1. The minimum Gasteiger partial charge on any atom is -0.497 e. The second-order valence-electron chi connectivity index (χ2n) is 6.17. The number of halogens is 1. The Labute approximate surface area is 159 Å². The monoisotopic (exact) mass is 375 g/mol. The van der Waals surface area contributed by atoms with Gasteiger partial charge in [0.25, 0.3) is 0 Å². The third-order valence-electron chi connectivity index (χ3n) is 4.63. The lowest BCUT2D eigenvalue weighted by Crippen LogP contribution is -1.88. The molecule has 0 unspecified atom stereocenters. The molecule has 5 aromatic rings. The highest BCUT2D eigenvalue weighted by Crippen LogP contribution is 2.39. The van der Waals surface area contributed by atoms with E-state index in [4.69, 9.17) is 20.8 Å². The molecule has 27 heavy (non-hydrogen) atoms. The Bertz CT molecular complexity index is 1290. The summed E-state index contributed by atoms with van der Waals surface area (Å²) in [6.45, 7) is 0. The molecule has 0 bridgehead atoms. The van der Waals surface area contributed by atoms with Crippen LogP contribution in [0.4, 0.5) is 0 Å². The summed E-state index contributed by atoms with van der Waals surface area (Å²) in [6, 6.07) is 15.8. The van der Waals surface area contributed by atoms with Crippen LogP contribution in [0.2, 0.25) is 5.28 Å². The fraction of sp³-hybridized carbons (Fsp3) is 0.0476. The number of H-pyrrole nitrogens is 1. The molecule has 5 rings (SSSR count). The Morgan fingerprint density at radius 3 is 2.85 bits per heavy atom. The van der Waals surface area contributed by atoms with Crippen molar-refractivity contribution in [3.8, 4) is 28.3 Å². The average molecular weight is 376 g/mol. The molecule has 0 aliphatic carbocycles. The van der Waals surface area contributed by atoms with Gasteiger partial charge in [0, 0.05) is 34.2 Å². The van der Waals surface area contributed by atoms with Crippen LogP contribution in [0.25, 0.3) is 44.4 Å². The summed E-state index contributed by atoms with van der Waals surface area (Å²) >= 11 is 6.05. The molecular formula is C21H14ClN3O2. The van der Waals surface area contributed by atoms with Gasteiger partial charge in [-0.05, 0) is 41.9 Å². The lowest BCUT2D eigenvalue weighted by atomic mass is 10.0. The van der Waals surface area contributed by atoms with Gasteiger partial charge >= 0.3 is 0 Å². The topological polar surface area (TPSA) is 63.9 Å². The molecule has 0 saturated heterocycles. The van der Waals surface area contributed by atoms with E-state index in [9.17, 15) is 0 Å². The molecule has 0 atom stereocenters. The highest BCUT2D eigenvalue weighted by molar-refractivity contribution is 6.28. The van der Waals surface area contributed by atoms with E-state index in [1.54, 1.807) is 19.6 Å². The van der Waals surface area contributed by atoms with Crippen molar-refractivity contribution in [3.63, 3.8) is 0 Å². The van der Waals surface area contributed by atoms with Gasteiger partial charge in [-0.25, -0.2) is 9.97 Å². The van der Waals surface area contributed by atoms with Crippen molar-refractivity contribution in [1.29, 1.82) is 0 Å². The van der Waals surface area contributed by atoms with Gasteiger partial charge < -0.3 is 14.1 Å². The predicted octanol–water partition coefficient (Wildman–Crippen LogP) is 5.70. The van der Waals surface area contributed by atoms with Crippen molar-refractivity contribution in [2.24, 2.45) is 0 Å². The number of hydrogen-bond donors (Lipinski definition) is 1. The minimum absolute atomic E-state index is 0.211. The second-order valence-corrected chi connectivity index (χ2v) is 6.51. The van der Waals surface area contributed by atoms with Gasteiger partial charge in [0.2, 0.25) is 5.28 Å². The van der Waals surface area contributed by atoms with Crippen molar-refractivity contribution in [2.75, 3.05) is 7.11 Å². The van der Waals surface area contributed by atoms with Crippen LogP contribution in [0.1, 0.15) is 0 Å². The van der Waals surface area contributed by atoms with E-state index in [-0.39, 0.29) is 5.28 Å². The van der Waals surface area contributed by atoms with Crippen molar-refractivity contribution < 1.29 is 9.15 Å². The van der Waals surface area contributed by atoms with Gasteiger partial charge in [-0.2, -0.15) is 0 Å². The van der Waals surface area contributed by atoms with Crippen LogP contribution in [0, 0.1) is 0 Å². The Morgan fingerprint density at radius 1 is 1.07 bits per heavy atom. The number of nitrogens with one attached hydrogen (secondary N) is 1. The molecule has 0 spiro atoms. The third kappa shape index (κ3) is 2.64. The first-order valence-electron chi connectivity index (χ1n) is 8.39. The fourth-order valence-corrected chi connectivity index (χ4v) is 3.52. The number of benzene rings is 2. The highest BCUT2D eigenvalue weighted by Gasteiger charge is 2.18. The van der Waals surface area contributed by atoms with Gasteiger partial charge in [0.1, 0.15) is 11.3 Å². The normalized spacial score (nSPS) is 11.3. The fourth-order valence-electron chi connectivity index (χ4n) is 3.37. The van der Waals surface area contributed by atoms with Crippen LogP contribution in [-0.2, 0) is 0 Å². The van der Waals surface area contributed by atoms with E-state index >= 15 is 0 Å². The summed E-state index contributed by atoms with van der Waals surface area (Å²) in [5.41, 5.74) is 5.43. The summed E-state index contributed by atoms with van der Waals surface area (Å²) in [7, 11) is 1.65. The maximum atomic E-state index is 6.05. The van der Waals surface area contributed by atoms with Crippen molar-refractivity contribution in [3.05, 3.63) is 66.3 Å². The van der Waals surface area contributed by atoms with Crippen LogP contribution in [0.5, 0.6) is 5.75 Å². The number of methoxy groups -OCH3 is 1. The van der Waals surface area contributed by atoms with E-state index in [1.165, 1.54) is 0 Å². The summed E-state index contributed by atoms with van der Waals surface area (Å²) in [5.74, 6) is 0.782. The molecule has 0 saturated carbocycles. The molecule has 3 heterocycles. The first-order valence-corrected chi connectivity index (χ1v) is 8.77. The summed E-state index contributed by atoms with van der Waals surface area (Å²) in [4.78, 5) is 11.9. The van der Waals surface area contributed by atoms with Gasteiger partial charge in [-0.3, -0.25) is 0 Å². The van der Waals surface area contributed by atoms with Crippen molar-refractivity contribution in [2.45, 2.75) is 0 Å². The number of furan rings is 1. The van der Waals surface area contributed by atoms with E-state index < -0.39 is 0 Å². The molecule has 5 nitrogen and oxygen atoms in total. The second kappa shape index (κ2) is 6.14. The lowest BCUT2D eigenvalue weighted by Gasteiger charge is -2.05. The smallest absolute Gasteiger partial charge is 0.222 e. The molecule has 2 aromatic carbocycles. The maximum absolute atomic E-state index is 6.05. The molecule has 0 aliphatic heterocycles. The van der Waals surface area contributed by atoms with E-state index in [1.807, 2.05) is 42.5 Å². The molecule has 0 aliphatic rings. The molecule has 0 radical (unpaired) electrons. The molecular weight excluding hydrogens is 362 g/mol. The number of aromatic amines is 1. The number of nitrogens with zero attached hydrogens (tertiary/aromatic N) is 2. The molecule has 0 fully saturated rings. The van der Waals surface area contributed by atoms with Crippen LogP contribution < -0.4 is 4.74 Å². The summed E-state index contributed by atoms with van der Waals surface area (Å²) in [5, 5.41) is 2.30. The van der Waals surface area contributed by atoms with Gasteiger partial charge in [0.15, 0.2) is 0 Å². The third-order valence-corrected chi connectivity index (χ3v) is 4.82. The molecule has 132 valence electrons. The van der Waals surface area contributed by atoms with Gasteiger partial charge in [-0.15, -0.1) is 0 Å². The Kier molecular flexibility index (Phi) is 3.62. The number of ether oxygens (including phenoxy) is 1. The molecule has 6 heteroatoms. The zero-order chi connectivity index (χ0) is 18.4.